The summed E-state index contributed by atoms with van der Waals surface area (Å²) in [5.74, 6) is -0.640. The molecule has 1 fully saturated rings. The van der Waals surface area contributed by atoms with E-state index in [0.717, 1.165) is 4.31 Å². The molecule has 1 saturated heterocycles. The second kappa shape index (κ2) is 8.42. The standard InChI is InChI=1S/C15H23N3O7S2/c1-3-8-26(20,21)17-12-9-11(24-2)4-5-14(12)27(22,23)18-6-7-25-13(10-18)15(16)19/h4-5,9,13,17H,3,6-8,10H2,1-2H3,(H2,16,19)/t13-/m0/s1. The van der Waals surface area contributed by atoms with Gasteiger partial charge in [-0.2, -0.15) is 4.31 Å². The second-order valence-electron chi connectivity index (χ2n) is 5.91. The molecule has 152 valence electrons. The molecule has 0 bridgehead atoms. The molecule has 1 aliphatic heterocycles. The van der Waals surface area contributed by atoms with Gasteiger partial charge in [-0.15, -0.1) is 0 Å². The number of amides is 1. The number of carbonyl (C=O) groups is 1. The molecule has 10 nitrogen and oxygen atoms in total. The van der Waals surface area contributed by atoms with Gasteiger partial charge in [0, 0.05) is 19.2 Å². The molecule has 0 spiro atoms. The molecule has 3 N–H and O–H groups in total. The third-order valence-electron chi connectivity index (χ3n) is 3.89. The molecule has 0 unspecified atom stereocenters. The van der Waals surface area contributed by atoms with Gasteiger partial charge in [0.25, 0.3) is 0 Å². The first-order valence-electron chi connectivity index (χ1n) is 8.20. The minimum Gasteiger partial charge on any atom is -0.497 e. The Hall–Kier alpha value is -1.89. The minimum absolute atomic E-state index is 0.000113. The number of hydrogen-bond acceptors (Lipinski definition) is 7. The van der Waals surface area contributed by atoms with E-state index >= 15 is 0 Å². The molecule has 0 radical (unpaired) electrons. The zero-order valence-electron chi connectivity index (χ0n) is 15.0. The molecule has 0 aromatic heterocycles. The van der Waals surface area contributed by atoms with Crippen molar-refractivity contribution in [3.8, 4) is 5.75 Å². The average molecular weight is 421 g/mol. The van der Waals surface area contributed by atoms with Gasteiger partial charge in [-0.1, -0.05) is 6.92 Å². The van der Waals surface area contributed by atoms with Gasteiger partial charge in [-0.25, -0.2) is 16.8 Å². The molecular formula is C15H23N3O7S2. The summed E-state index contributed by atoms with van der Waals surface area (Å²) in [7, 11) is -6.46. The number of anilines is 1. The van der Waals surface area contributed by atoms with Gasteiger partial charge < -0.3 is 15.2 Å². The van der Waals surface area contributed by atoms with E-state index in [4.69, 9.17) is 15.2 Å². The van der Waals surface area contributed by atoms with E-state index in [1.165, 1.54) is 25.3 Å². The Labute approximate surface area is 158 Å². The van der Waals surface area contributed by atoms with Crippen molar-refractivity contribution in [1.82, 2.24) is 4.31 Å². The fraction of sp³-hybridized carbons (Fsp3) is 0.533. The van der Waals surface area contributed by atoms with E-state index in [1.54, 1.807) is 6.92 Å². The third kappa shape index (κ3) is 5.09. The van der Waals surface area contributed by atoms with E-state index in [-0.39, 0.29) is 36.0 Å². The first-order valence-corrected chi connectivity index (χ1v) is 11.3. The molecule has 1 aromatic carbocycles. The molecule has 27 heavy (non-hydrogen) atoms. The van der Waals surface area contributed by atoms with Crippen molar-refractivity contribution in [2.75, 3.05) is 37.3 Å². The van der Waals surface area contributed by atoms with Crippen molar-refractivity contribution in [2.24, 2.45) is 5.73 Å². The number of morpholine rings is 1. The Balaban J connectivity index is 2.45. The first-order chi connectivity index (χ1) is 12.6. The van der Waals surface area contributed by atoms with Crippen LogP contribution in [-0.4, -0.2) is 65.7 Å². The highest BCUT2D eigenvalue weighted by molar-refractivity contribution is 7.93. The van der Waals surface area contributed by atoms with Crippen LogP contribution < -0.4 is 15.2 Å². The lowest BCUT2D eigenvalue weighted by molar-refractivity contribution is -0.132. The van der Waals surface area contributed by atoms with E-state index < -0.39 is 32.1 Å². The number of methoxy groups -OCH3 is 1. The van der Waals surface area contributed by atoms with E-state index in [2.05, 4.69) is 4.72 Å². The summed E-state index contributed by atoms with van der Waals surface area (Å²) in [6.45, 7) is 1.46. The number of ether oxygens (including phenoxy) is 2. The van der Waals surface area contributed by atoms with Crippen LogP contribution >= 0.6 is 0 Å². The van der Waals surface area contributed by atoms with Crippen LogP contribution in [0.15, 0.2) is 23.1 Å². The second-order valence-corrected chi connectivity index (χ2v) is 9.66. The summed E-state index contributed by atoms with van der Waals surface area (Å²) in [6.07, 6.45) is -0.697. The summed E-state index contributed by atoms with van der Waals surface area (Å²) in [6, 6.07) is 3.97. The van der Waals surface area contributed by atoms with Crippen molar-refractivity contribution >= 4 is 31.6 Å². The molecule has 0 saturated carbocycles. The molecule has 0 aliphatic carbocycles. The molecule has 1 atom stereocenters. The molecule has 1 aliphatic rings. The summed E-state index contributed by atoms with van der Waals surface area (Å²) in [5.41, 5.74) is 5.08. The molecule has 1 amide bonds. The number of nitrogens with zero attached hydrogens (tertiary/aromatic N) is 1. The summed E-state index contributed by atoms with van der Waals surface area (Å²) < 4.78 is 64.0. The maximum Gasteiger partial charge on any atom is 0.247 e. The zero-order valence-corrected chi connectivity index (χ0v) is 16.7. The van der Waals surface area contributed by atoms with Gasteiger partial charge in [-0.3, -0.25) is 9.52 Å². The smallest absolute Gasteiger partial charge is 0.247 e. The van der Waals surface area contributed by atoms with Gasteiger partial charge in [0.1, 0.15) is 16.7 Å². The van der Waals surface area contributed by atoms with Crippen LogP contribution in [0.5, 0.6) is 5.75 Å². The predicted molar refractivity (Wildman–Crippen MR) is 98.4 cm³/mol. The van der Waals surface area contributed by atoms with Crippen molar-refractivity contribution in [3.63, 3.8) is 0 Å². The van der Waals surface area contributed by atoms with E-state index in [9.17, 15) is 21.6 Å². The van der Waals surface area contributed by atoms with Crippen LogP contribution in [0.2, 0.25) is 0 Å². The number of nitrogens with one attached hydrogen (secondary N) is 1. The number of nitrogens with two attached hydrogens (primary N) is 1. The number of benzene rings is 1. The molecular weight excluding hydrogens is 398 g/mol. The van der Waals surface area contributed by atoms with Gasteiger partial charge in [-0.05, 0) is 18.6 Å². The summed E-state index contributed by atoms with van der Waals surface area (Å²) in [5, 5.41) is 0. The van der Waals surface area contributed by atoms with Crippen molar-refractivity contribution in [1.29, 1.82) is 0 Å². The Bertz CT molecular complexity index is 900. The summed E-state index contributed by atoms with van der Waals surface area (Å²) >= 11 is 0. The Morgan fingerprint density at radius 3 is 2.67 bits per heavy atom. The van der Waals surface area contributed by atoms with E-state index in [1.807, 2.05) is 0 Å². The van der Waals surface area contributed by atoms with Gasteiger partial charge in [0.2, 0.25) is 26.0 Å². The number of hydrogen-bond donors (Lipinski definition) is 2. The topological polar surface area (TPSA) is 145 Å². The molecule has 1 aromatic rings. The van der Waals surface area contributed by atoms with Crippen LogP contribution in [0.3, 0.4) is 0 Å². The largest absolute Gasteiger partial charge is 0.497 e. The fourth-order valence-electron chi connectivity index (χ4n) is 2.58. The lowest BCUT2D eigenvalue weighted by Gasteiger charge is -2.31. The maximum absolute atomic E-state index is 13.1. The van der Waals surface area contributed by atoms with Crippen LogP contribution in [0.25, 0.3) is 0 Å². The van der Waals surface area contributed by atoms with Crippen molar-refractivity contribution in [2.45, 2.75) is 24.3 Å². The highest BCUT2D eigenvalue weighted by Crippen LogP contribution is 2.30. The minimum atomic E-state index is -4.11. The Morgan fingerprint density at radius 2 is 2.07 bits per heavy atom. The summed E-state index contributed by atoms with van der Waals surface area (Å²) in [4.78, 5) is 11.1. The SMILES string of the molecule is CCCS(=O)(=O)Nc1cc(OC)ccc1S(=O)(=O)N1CCO[C@H](C(N)=O)C1. The molecule has 1 heterocycles. The Kier molecular flexibility index (Phi) is 6.68. The molecule has 2 rings (SSSR count). The monoisotopic (exact) mass is 421 g/mol. The van der Waals surface area contributed by atoms with Crippen molar-refractivity contribution in [3.05, 3.63) is 18.2 Å². The van der Waals surface area contributed by atoms with Crippen LogP contribution in [0.4, 0.5) is 5.69 Å². The van der Waals surface area contributed by atoms with Crippen molar-refractivity contribution < 1.29 is 31.1 Å². The quantitative estimate of drug-likeness (QED) is 0.587. The first kappa shape index (κ1) is 21.4. The Morgan fingerprint density at radius 1 is 1.37 bits per heavy atom. The predicted octanol–water partition coefficient (Wildman–Crippen LogP) is -0.278. The number of carbonyl (C=O) groups excluding carboxylic acids is 1. The van der Waals surface area contributed by atoms with Crippen LogP contribution in [0, 0.1) is 0 Å². The third-order valence-corrected chi connectivity index (χ3v) is 7.29. The number of rotatable bonds is 8. The van der Waals surface area contributed by atoms with E-state index in [0.29, 0.717) is 12.2 Å². The van der Waals surface area contributed by atoms with Gasteiger partial charge >= 0.3 is 0 Å². The lowest BCUT2D eigenvalue weighted by Crippen LogP contribution is -2.50. The molecule has 12 heteroatoms. The lowest BCUT2D eigenvalue weighted by atomic mass is 10.3. The van der Waals surface area contributed by atoms with Crippen LogP contribution in [0.1, 0.15) is 13.3 Å². The normalized spacial score (nSPS) is 18.8. The number of primary amides is 1. The average Bonchev–Trinajstić information content (AvgIpc) is 2.61. The number of sulfonamides is 2. The highest BCUT2D eigenvalue weighted by Gasteiger charge is 2.35. The van der Waals surface area contributed by atoms with Gasteiger partial charge in [0.05, 0.1) is 25.2 Å². The van der Waals surface area contributed by atoms with Crippen LogP contribution in [-0.2, 0) is 29.6 Å². The maximum atomic E-state index is 13.1. The highest BCUT2D eigenvalue weighted by atomic mass is 32.2. The zero-order chi connectivity index (χ0) is 20.2. The fourth-order valence-corrected chi connectivity index (χ4v) is 5.34. The van der Waals surface area contributed by atoms with Gasteiger partial charge in [0.15, 0.2) is 0 Å².